The summed E-state index contributed by atoms with van der Waals surface area (Å²) in [6.07, 6.45) is -3.20. The van der Waals surface area contributed by atoms with Crippen molar-refractivity contribution in [1.82, 2.24) is 14.8 Å². The second-order valence-electron chi connectivity index (χ2n) is 4.59. The molecule has 114 valence electrons. The van der Waals surface area contributed by atoms with Crippen molar-refractivity contribution in [2.24, 2.45) is 0 Å². The van der Waals surface area contributed by atoms with Gasteiger partial charge >= 0.3 is 6.18 Å². The van der Waals surface area contributed by atoms with Crippen molar-refractivity contribution in [3.05, 3.63) is 47.0 Å². The van der Waals surface area contributed by atoms with E-state index in [2.05, 4.69) is 10.1 Å². The molecule has 1 N–H and O–H groups in total. The summed E-state index contributed by atoms with van der Waals surface area (Å²) in [6.45, 7) is 4.17. The summed E-state index contributed by atoms with van der Waals surface area (Å²) in [5, 5.41) is 14.6. The largest absolute Gasteiger partial charge is 0.416 e. The Kier molecular flexibility index (Phi) is 4.32. The molecule has 1 atom stereocenters. The number of hydrogen-bond donors (Lipinski definition) is 1. The molecule has 2 aromatic rings. The molecule has 0 bridgehead atoms. The van der Waals surface area contributed by atoms with Crippen LogP contribution in [0.4, 0.5) is 13.2 Å². The van der Waals surface area contributed by atoms with Crippen molar-refractivity contribution in [3.63, 3.8) is 0 Å². The summed E-state index contributed by atoms with van der Waals surface area (Å²) < 4.78 is 40.6. The minimum Gasteiger partial charge on any atom is -0.382 e. The number of aliphatic hydroxyl groups excluding tert-OH is 1. The second-order valence-corrected chi connectivity index (χ2v) is 4.59. The summed E-state index contributed by atoms with van der Waals surface area (Å²) in [6, 6.07) is 2.49. The van der Waals surface area contributed by atoms with E-state index in [1.807, 2.05) is 13.8 Å². The van der Waals surface area contributed by atoms with E-state index in [9.17, 15) is 18.3 Å². The molecule has 2 rings (SSSR count). The van der Waals surface area contributed by atoms with Crippen LogP contribution in [0.15, 0.2) is 24.5 Å². The lowest BCUT2D eigenvalue weighted by atomic mass is 10.0. The van der Waals surface area contributed by atoms with Crippen LogP contribution in [0, 0.1) is 0 Å². The fourth-order valence-corrected chi connectivity index (χ4v) is 2.18. The summed E-state index contributed by atoms with van der Waals surface area (Å²) in [7, 11) is 0. The third kappa shape index (κ3) is 3.07. The number of nitrogens with zero attached hydrogens (tertiary/aromatic N) is 3. The first kappa shape index (κ1) is 15.5. The molecule has 1 unspecified atom stereocenters. The molecule has 0 radical (unpaired) electrons. The molecule has 0 aromatic carbocycles. The molecule has 0 aliphatic rings. The molecule has 4 nitrogen and oxygen atoms in total. The molecule has 0 amide bonds. The second kappa shape index (κ2) is 5.85. The molecule has 0 aliphatic heterocycles. The van der Waals surface area contributed by atoms with Crippen LogP contribution in [0.25, 0.3) is 0 Å². The van der Waals surface area contributed by atoms with Gasteiger partial charge in [0.1, 0.15) is 6.10 Å². The lowest BCUT2D eigenvalue weighted by Crippen LogP contribution is -2.15. The number of aryl methyl sites for hydroxylation is 2. The molecule has 0 spiro atoms. The van der Waals surface area contributed by atoms with Gasteiger partial charge in [-0.05, 0) is 25.5 Å². The molecule has 2 heterocycles. The monoisotopic (exact) mass is 299 g/mol. The van der Waals surface area contributed by atoms with Gasteiger partial charge in [-0.3, -0.25) is 9.67 Å². The molecule has 0 saturated carbocycles. The molecule has 21 heavy (non-hydrogen) atoms. The highest BCUT2D eigenvalue weighted by Crippen LogP contribution is 2.36. The van der Waals surface area contributed by atoms with Crippen LogP contribution in [-0.4, -0.2) is 19.9 Å². The first-order valence-electron chi connectivity index (χ1n) is 6.64. The Bertz CT molecular complexity index is 622. The standard InChI is InChI=1S/C14H16F3N3O/c1-3-9-7-12(20(4-2)19-9)13(21)10-8-18-6-5-11(10)14(15,16)17/h5-8,13,21H,3-4H2,1-2H3. The maximum Gasteiger partial charge on any atom is 0.416 e. The van der Waals surface area contributed by atoms with Gasteiger partial charge in [0.05, 0.1) is 17.0 Å². The van der Waals surface area contributed by atoms with Gasteiger partial charge in [0.2, 0.25) is 0 Å². The Morgan fingerprint density at radius 2 is 2.05 bits per heavy atom. The third-order valence-corrected chi connectivity index (χ3v) is 3.26. The molecular formula is C14H16F3N3O. The molecule has 7 heteroatoms. The molecule has 0 aliphatic carbocycles. The Labute approximate surface area is 120 Å². The number of pyridine rings is 1. The van der Waals surface area contributed by atoms with E-state index in [0.717, 1.165) is 24.2 Å². The quantitative estimate of drug-likeness (QED) is 0.944. The van der Waals surface area contributed by atoms with Crippen molar-refractivity contribution in [2.75, 3.05) is 0 Å². The van der Waals surface area contributed by atoms with Crippen LogP contribution in [0.5, 0.6) is 0 Å². The van der Waals surface area contributed by atoms with E-state index in [1.165, 1.54) is 4.68 Å². The topological polar surface area (TPSA) is 50.9 Å². The van der Waals surface area contributed by atoms with Gasteiger partial charge in [0.25, 0.3) is 0 Å². The first-order valence-corrected chi connectivity index (χ1v) is 6.64. The smallest absolute Gasteiger partial charge is 0.382 e. The van der Waals surface area contributed by atoms with Gasteiger partial charge in [-0.15, -0.1) is 0 Å². The van der Waals surface area contributed by atoms with E-state index in [0.29, 0.717) is 18.7 Å². The average Bonchev–Trinajstić information content (AvgIpc) is 2.89. The lowest BCUT2D eigenvalue weighted by Gasteiger charge is -2.17. The number of aromatic nitrogens is 3. The van der Waals surface area contributed by atoms with Gasteiger partial charge in [0, 0.05) is 24.5 Å². The Morgan fingerprint density at radius 3 is 2.62 bits per heavy atom. The summed E-state index contributed by atoms with van der Waals surface area (Å²) in [5.74, 6) is 0. The third-order valence-electron chi connectivity index (χ3n) is 3.26. The number of alkyl halides is 3. The van der Waals surface area contributed by atoms with Crippen LogP contribution in [-0.2, 0) is 19.1 Å². The van der Waals surface area contributed by atoms with Gasteiger partial charge in [-0.25, -0.2) is 0 Å². The van der Waals surface area contributed by atoms with Crippen molar-refractivity contribution >= 4 is 0 Å². The van der Waals surface area contributed by atoms with Crippen LogP contribution in [0.1, 0.15) is 42.5 Å². The minimum absolute atomic E-state index is 0.262. The molecule has 2 aromatic heterocycles. The lowest BCUT2D eigenvalue weighted by molar-refractivity contribution is -0.139. The van der Waals surface area contributed by atoms with E-state index < -0.39 is 17.8 Å². The number of rotatable bonds is 4. The minimum atomic E-state index is -4.54. The van der Waals surface area contributed by atoms with Crippen LogP contribution >= 0.6 is 0 Å². The summed E-state index contributed by atoms with van der Waals surface area (Å²) in [5.41, 5.74) is -0.0784. The van der Waals surface area contributed by atoms with Crippen molar-refractivity contribution in [3.8, 4) is 0 Å². The van der Waals surface area contributed by atoms with Crippen molar-refractivity contribution in [2.45, 2.75) is 39.1 Å². The zero-order valence-corrected chi connectivity index (χ0v) is 11.7. The van der Waals surface area contributed by atoms with E-state index in [4.69, 9.17) is 0 Å². The number of hydrogen-bond acceptors (Lipinski definition) is 3. The Balaban J connectivity index is 2.50. The van der Waals surface area contributed by atoms with E-state index in [-0.39, 0.29) is 5.56 Å². The van der Waals surface area contributed by atoms with E-state index >= 15 is 0 Å². The Morgan fingerprint density at radius 1 is 1.33 bits per heavy atom. The van der Waals surface area contributed by atoms with Crippen molar-refractivity contribution < 1.29 is 18.3 Å². The maximum absolute atomic E-state index is 13.0. The number of halogens is 3. The predicted octanol–water partition coefficient (Wildman–Crippen LogP) is 2.96. The summed E-state index contributed by atoms with van der Waals surface area (Å²) >= 11 is 0. The van der Waals surface area contributed by atoms with Gasteiger partial charge in [-0.2, -0.15) is 18.3 Å². The molecule has 0 saturated heterocycles. The fourth-order valence-electron chi connectivity index (χ4n) is 2.18. The van der Waals surface area contributed by atoms with Crippen molar-refractivity contribution in [1.29, 1.82) is 0 Å². The zero-order valence-electron chi connectivity index (χ0n) is 11.7. The highest BCUT2D eigenvalue weighted by atomic mass is 19.4. The summed E-state index contributed by atoms with van der Waals surface area (Å²) in [4.78, 5) is 3.70. The maximum atomic E-state index is 13.0. The van der Waals surface area contributed by atoms with Crippen LogP contribution in [0.2, 0.25) is 0 Å². The molecule has 0 fully saturated rings. The zero-order chi connectivity index (χ0) is 15.6. The number of aliphatic hydroxyl groups is 1. The highest BCUT2D eigenvalue weighted by molar-refractivity contribution is 5.33. The van der Waals surface area contributed by atoms with Crippen LogP contribution in [0.3, 0.4) is 0 Å². The average molecular weight is 299 g/mol. The van der Waals surface area contributed by atoms with Crippen LogP contribution < -0.4 is 0 Å². The predicted molar refractivity (Wildman–Crippen MR) is 70.6 cm³/mol. The van der Waals surface area contributed by atoms with Gasteiger partial charge in [0.15, 0.2) is 0 Å². The van der Waals surface area contributed by atoms with E-state index in [1.54, 1.807) is 6.07 Å². The first-order chi connectivity index (χ1) is 9.88. The molecular weight excluding hydrogens is 283 g/mol. The van der Waals surface area contributed by atoms with Gasteiger partial charge < -0.3 is 5.11 Å². The fraction of sp³-hybridized carbons (Fsp3) is 0.429. The van der Waals surface area contributed by atoms with Gasteiger partial charge in [-0.1, -0.05) is 6.92 Å². The Hall–Kier alpha value is -1.89. The SMILES string of the molecule is CCc1cc(C(O)c2cnccc2C(F)(F)F)n(CC)n1. The normalized spacial score (nSPS) is 13.4. The highest BCUT2D eigenvalue weighted by Gasteiger charge is 2.36.